The lowest BCUT2D eigenvalue weighted by Gasteiger charge is -2.32. The van der Waals surface area contributed by atoms with Crippen molar-refractivity contribution >= 4 is 34.4 Å². The maximum absolute atomic E-state index is 9.84. The minimum atomic E-state index is 0.523. The largest absolute Gasteiger partial charge is 0.361 e. The van der Waals surface area contributed by atoms with Gasteiger partial charge in [-0.15, -0.1) is 0 Å². The third kappa shape index (κ3) is 5.43. The normalized spacial score (nSPS) is 14.9. The van der Waals surface area contributed by atoms with Gasteiger partial charge in [0.25, 0.3) is 0 Å². The summed E-state index contributed by atoms with van der Waals surface area (Å²) in [5, 5.41) is 14.5. The number of aryl methyl sites for hydroxylation is 2. The molecule has 2 aromatic heterocycles. The third-order valence-electron chi connectivity index (χ3n) is 7.39. The molecular formula is C31H34N6. The predicted molar refractivity (Wildman–Crippen MR) is 153 cm³/mol. The van der Waals surface area contributed by atoms with Crippen LogP contribution in [0.1, 0.15) is 40.3 Å². The molecule has 0 saturated carbocycles. The van der Waals surface area contributed by atoms with Crippen LogP contribution in [0, 0.1) is 18.3 Å². The number of benzene rings is 2. The Hall–Kier alpha value is -3.92. The number of rotatable bonds is 7. The van der Waals surface area contributed by atoms with Crippen molar-refractivity contribution in [2.75, 3.05) is 38.5 Å². The highest BCUT2D eigenvalue weighted by atomic mass is 15.2. The Balaban J connectivity index is 1.44. The number of H-pyrrole nitrogens is 1. The fourth-order valence-electron chi connectivity index (χ4n) is 5.05. The van der Waals surface area contributed by atoms with Gasteiger partial charge in [-0.25, -0.2) is 0 Å². The van der Waals surface area contributed by atoms with Gasteiger partial charge in [0.15, 0.2) is 0 Å². The van der Waals surface area contributed by atoms with Crippen LogP contribution >= 0.6 is 0 Å². The van der Waals surface area contributed by atoms with Gasteiger partial charge in [0, 0.05) is 73.5 Å². The van der Waals surface area contributed by atoms with E-state index in [0.29, 0.717) is 5.56 Å². The zero-order valence-corrected chi connectivity index (χ0v) is 21.9. The Labute approximate surface area is 219 Å². The van der Waals surface area contributed by atoms with Gasteiger partial charge in [-0.2, -0.15) is 5.26 Å². The highest BCUT2D eigenvalue weighted by Crippen LogP contribution is 2.31. The summed E-state index contributed by atoms with van der Waals surface area (Å²) in [6, 6.07) is 15.3. The monoisotopic (exact) mass is 490 g/mol. The van der Waals surface area contributed by atoms with E-state index in [1.807, 2.05) is 12.4 Å². The number of anilines is 2. The summed E-state index contributed by atoms with van der Waals surface area (Å²) in [4.78, 5) is 12.5. The summed E-state index contributed by atoms with van der Waals surface area (Å²) in [5.41, 5.74) is 9.26. The van der Waals surface area contributed by atoms with E-state index in [4.69, 9.17) is 0 Å². The Morgan fingerprint density at radius 2 is 1.86 bits per heavy atom. The molecule has 1 aliphatic heterocycles. The van der Waals surface area contributed by atoms with Crippen LogP contribution in [0.15, 0.2) is 55.0 Å². The van der Waals surface area contributed by atoms with E-state index in [1.54, 1.807) is 6.20 Å². The molecule has 2 N–H and O–H groups in total. The molecule has 0 aliphatic carbocycles. The lowest BCUT2D eigenvalue weighted by Crippen LogP contribution is -2.43. The molecule has 0 amide bonds. The molecule has 0 unspecified atom stereocenters. The van der Waals surface area contributed by atoms with E-state index in [0.717, 1.165) is 67.2 Å². The number of aromatic nitrogens is 2. The summed E-state index contributed by atoms with van der Waals surface area (Å²) >= 11 is 0. The number of piperazine rings is 1. The quantitative estimate of drug-likeness (QED) is 0.334. The summed E-state index contributed by atoms with van der Waals surface area (Å²) in [7, 11) is 2.19. The molecule has 0 spiro atoms. The zero-order chi connectivity index (χ0) is 25.8. The molecule has 3 heterocycles. The number of nitrogens with one attached hydrogen (secondary N) is 2. The van der Waals surface area contributed by atoms with Crippen molar-refractivity contribution in [2.24, 2.45) is 0 Å². The zero-order valence-electron chi connectivity index (χ0n) is 21.9. The van der Waals surface area contributed by atoms with Crippen molar-refractivity contribution in [2.45, 2.75) is 26.8 Å². The topological polar surface area (TPSA) is 71.0 Å². The van der Waals surface area contributed by atoms with Gasteiger partial charge in [0.1, 0.15) is 6.07 Å². The number of nitriles is 1. The van der Waals surface area contributed by atoms with Gasteiger partial charge < -0.3 is 15.2 Å². The van der Waals surface area contributed by atoms with E-state index in [-0.39, 0.29) is 0 Å². The van der Waals surface area contributed by atoms with Crippen LogP contribution in [0.4, 0.5) is 11.4 Å². The first-order valence-corrected chi connectivity index (χ1v) is 13.0. The first-order chi connectivity index (χ1) is 18.1. The van der Waals surface area contributed by atoms with E-state index in [9.17, 15) is 5.26 Å². The van der Waals surface area contributed by atoms with Crippen LogP contribution in [-0.2, 0) is 13.0 Å². The van der Waals surface area contributed by atoms with E-state index in [1.165, 1.54) is 22.1 Å². The van der Waals surface area contributed by atoms with E-state index >= 15 is 0 Å². The highest BCUT2D eigenvalue weighted by Gasteiger charge is 2.15. The molecule has 188 valence electrons. The fraction of sp³-hybridized carbons (Fsp3) is 0.290. The second-order valence-electron chi connectivity index (χ2n) is 9.86. The highest BCUT2D eigenvalue weighted by molar-refractivity contribution is 5.90. The summed E-state index contributed by atoms with van der Waals surface area (Å²) < 4.78 is 0. The van der Waals surface area contributed by atoms with Crippen LogP contribution in [0.5, 0.6) is 0 Å². The van der Waals surface area contributed by atoms with Crippen LogP contribution in [0.3, 0.4) is 0 Å². The average molecular weight is 491 g/mol. The first-order valence-electron chi connectivity index (χ1n) is 13.0. The van der Waals surface area contributed by atoms with Gasteiger partial charge in [0.05, 0.1) is 11.3 Å². The van der Waals surface area contributed by atoms with Gasteiger partial charge >= 0.3 is 0 Å². The van der Waals surface area contributed by atoms with Crippen molar-refractivity contribution in [3.8, 4) is 6.07 Å². The standard InChI is InChI=1S/C31H34N6/c1-4-24-6-5-23(21-37-15-13-36(3)14-16-37)17-25(24)7-8-26-19-33-20-27(18-32)31(26)35-29-9-10-30-28(22(29)2)11-12-34-30/h5-12,17,19-20,34H,4,13-16,21H2,1-3H3,(H,33,35). The van der Waals surface area contributed by atoms with E-state index in [2.05, 4.69) is 101 Å². The van der Waals surface area contributed by atoms with Gasteiger partial charge in [-0.05, 0) is 60.8 Å². The minimum absolute atomic E-state index is 0.523. The lowest BCUT2D eigenvalue weighted by atomic mass is 10.00. The van der Waals surface area contributed by atoms with E-state index < -0.39 is 0 Å². The summed E-state index contributed by atoms with van der Waals surface area (Å²) in [6.45, 7) is 9.71. The van der Waals surface area contributed by atoms with Crippen molar-refractivity contribution in [1.29, 1.82) is 5.26 Å². The average Bonchev–Trinajstić information content (AvgIpc) is 3.41. The number of hydrogen-bond acceptors (Lipinski definition) is 5. The minimum Gasteiger partial charge on any atom is -0.361 e. The van der Waals surface area contributed by atoms with Crippen molar-refractivity contribution < 1.29 is 0 Å². The molecule has 37 heavy (non-hydrogen) atoms. The molecule has 1 saturated heterocycles. The molecule has 0 radical (unpaired) electrons. The fourth-order valence-corrected chi connectivity index (χ4v) is 5.05. The smallest absolute Gasteiger partial charge is 0.103 e. The maximum Gasteiger partial charge on any atom is 0.103 e. The second-order valence-corrected chi connectivity index (χ2v) is 9.86. The molecule has 4 aromatic rings. The molecule has 0 atom stereocenters. The Morgan fingerprint density at radius 1 is 1.05 bits per heavy atom. The second kappa shape index (κ2) is 11.0. The van der Waals surface area contributed by atoms with Gasteiger partial charge in [0.2, 0.25) is 0 Å². The van der Waals surface area contributed by atoms with Crippen molar-refractivity contribution in [1.82, 2.24) is 19.8 Å². The van der Waals surface area contributed by atoms with Crippen LogP contribution in [0.25, 0.3) is 23.1 Å². The molecule has 2 aromatic carbocycles. The maximum atomic E-state index is 9.84. The number of hydrogen-bond donors (Lipinski definition) is 2. The first kappa shape index (κ1) is 24.8. The molecule has 1 aliphatic rings. The Bertz CT molecular complexity index is 1470. The Kier molecular flexibility index (Phi) is 7.36. The number of pyridine rings is 1. The molecular weight excluding hydrogens is 456 g/mol. The molecule has 0 bridgehead atoms. The summed E-state index contributed by atoms with van der Waals surface area (Å²) in [6.07, 6.45) is 10.6. The molecule has 5 rings (SSSR count). The van der Waals surface area contributed by atoms with Crippen molar-refractivity contribution in [3.05, 3.63) is 88.4 Å². The predicted octanol–water partition coefficient (Wildman–Crippen LogP) is 5.97. The van der Waals surface area contributed by atoms with Crippen molar-refractivity contribution in [3.63, 3.8) is 0 Å². The van der Waals surface area contributed by atoms with Crippen LogP contribution in [-0.4, -0.2) is 53.0 Å². The number of aromatic amines is 1. The lowest BCUT2D eigenvalue weighted by molar-refractivity contribution is 0.148. The van der Waals surface area contributed by atoms with Gasteiger partial charge in [-0.3, -0.25) is 9.88 Å². The molecule has 1 fully saturated rings. The summed E-state index contributed by atoms with van der Waals surface area (Å²) in [5.74, 6) is 0. The molecule has 6 nitrogen and oxygen atoms in total. The molecule has 6 heteroatoms. The number of nitrogens with zero attached hydrogens (tertiary/aromatic N) is 4. The SMILES string of the molecule is CCc1ccc(CN2CCN(C)CC2)cc1C=Cc1cncc(C#N)c1Nc1ccc2[nH]ccc2c1C. The third-order valence-corrected chi connectivity index (χ3v) is 7.39. The van der Waals surface area contributed by atoms with Gasteiger partial charge in [-0.1, -0.05) is 37.3 Å². The Morgan fingerprint density at radius 3 is 2.65 bits per heavy atom. The van der Waals surface area contributed by atoms with Crippen LogP contribution < -0.4 is 5.32 Å². The number of fused-ring (bicyclic) bond motifs is 1. The number of likely N-dealkylation sites (N-methyl/N-ethyl adjacent to an activating group) is 1. The van der Waals surface area contributed by atoms with Crippen LogP contribution in [0.2, 0.25) is 0 Å².